The summed E-state index contributed by atoms with van der Waals surface area (Å²) in [6.45, 7) is 1.49. The number of hydrogen-bond donors (Lipinski definition) is 2. The molecule has 2 N–H and O–H groups in total. The molecule has 1 fully saturated rings. The molecule has 5 nitrogen and oxygen atoms in total. The predicted octanol–water partition coefficient (Wildman–Crippen LogP) is 3.16. The van der Waals surface area contributed by atoms with E-state index in [9.17, 15) is 14.0 Å². The Bertz CT molecular complexity index is 856. The maximum atomic E-state index is 13.7. The van der Waals surface area contributed by atoms with Gasteiger partial charge in [-0.05, 0) is 48.1 Å². The van der Waals surface area contributed by atoms with Gasteiger partial charge in [0.15, 0.2) is 0 Å². The van der Waals surface area contributed by atoms with E-state index in [0.717, 1.165) is 25.9 Å². The van der Waals surface area contributed by atoms with Gasteiger partial charge in [0.25, 0.3) is 0 Å². The molecule has 0 bridgehead atoms. The number of nitrogens with zero attached hydrogens (tertiary/aromatic N) is 1. The van der Waals surface area contributed by atoms with Gasteiger partial charge in [-0.2, -0.15) is 0 Å². The van der Waals surface area contributed by atoms with Gasteiger partial charge < -0.3 is 5.32 Å². The molecule has 2 heterocycles. The number of piperidine rings is 1. The summed E-state index contributed by atoms with van der Waals surface area (Å²) in [7, 11) is 0. The smallest absolute Gasteiger partial charge is 0.242 e. The van der Waals surface area contributed by atoms with Crippen molar-refractivity contribution in [3.05, 3.63) is 65.5 Å². The Morgan fingerprint density at radius 2 is 2.00 bits per heavy atom. The Morgan fingerprint density at radius 1 is 1.19 bits per heavy atom. The Morgan fingerprint density at radius 3 is 2.81 bits per heavy atom. The van der Waals surface area contributed by atoms with Crippen LogP contribution in [0, 0.1) is 5.82 Å². The minimum absolute atomic E-state index is 0.0260. The van der Waals surface area contributed by atoms with E-state index in [1.54, 1.807) is 0 Å². The molecule has 0 radical (unpaired) electrons. The monoisotopic (exact) mass is 367 g/mol. The van der Waals surface area contributed by atoms with Crippen molar-refractivity contribution in [3.8, 4) is 0 Å². The van der Waals surface area contributed by atoms with Crippen molar-refractivity contribution in [2.75, 3.05) is 18.4 Å². The molecule has 27 heavy (non-hydrogen) atoms. The topological polar surface area (TPSA) is 61.4 Å². The van der Waals surface area contributed by atoms with E-state index in [1.165, 1.54) is 23.8 Å². The third-order valence-electron chi connectivity index (χ3n) is 5.33. The second kappa shape index (κ2) is 7.48. The summed E-state index contributed by atoms with van der Waals surface area (Å²) in [6.07, 6.45) is 2.09. The van der Waals surface area contributed by atoms with Gasteiger partial charge in [0.2, 0.25) is 11.8 Å². The van der Waals surface area contributed by atoms with Crippen LogP contribution >= 0.6 is 0 Å². The van der Waals surface area contributed by atoms with Gasteiger partial charge in [0, 0.05) is 25.2 Å². The number of rotatable bonds is 3. The summed E-state index contributed by atoms with van der Waals surface area (Å²) in [5.41, 5.74) is 5.27. The maximum Gasteiger partial charge on any atom is 0.242 e. The second-order valence-electron chi connectivity index (χ2n) is 7.21. The minimum Gasteiger partial charge on any atom is -0.326 e. The van der Waals surface area contributed by atoms with Crippen LogP contribution in [0.2, 0.25) is 0 Å². The number of anilines is 1. The summed E-state index contributed by atoms with van der Waals surface area (Å²) in [6, 6.07) is 14.4. The Labute approximate surface area is 157 Å². The largest absolute Gasteiger partial charge is 0.326 e. The Balaban J connectivity index is 1.48. The number of fused-ring (bicyclic) bond motifs is 1. The van der Waals surface area contributed by atoms with Gasteiger partial charge in [0.05, 0.1) is 5.92 Å². The number of hydrazine groups is 1. The molecule has 0 saturated carbocycles. The van der Waals surface area contributed by atoms with Crippen LogP contribution in [0.25, 0.3) is 0 Å². The normalized spacial score (nSPS) is 22.6. The lowest BCUT2D eigenvalue weighted by Gasteiger charge is -2.34. The van der Waals surface area contributed by atoms with Crippen LogP contribution < -0.4 is 10.7 Å². The zero-order chi connectivity index (χ0) is 18.8. The molecule has 2 atom stereocenters. The Hall–Kier alpha value is -2.73. The van der Waals surface area contributed by atoms with Crippen LogP contribution in [-0.2, 0) is 9.59 Å². The third-order valence-corrected chi connectivity index (χ3v) is 5.33. The molecule has 0 aromatic heterocycles. The first-order valence-corrected chi connectivity index (χ1v) is 9.30. The highest BCUT2D eigenvalue weighted by molar-refractivity contribution is 6.01. The SMILES string of the molecule is O=C1CC(C(=O)NN2CCCC(c3ccccc3)C2)c2cc(F)ccc2N1. The number of amides is 2. The summed E-state index contributed by atoms with van der Waals surface area (Å²) in [5.74, 6) is -1.22. The molecule has 140 valence electrons. The first-order valence-electron chi connectivity index (χ1n) is 9.30. The minimum atomic E-state index is -0.679. The van der Waals surface area contributed by atoms with Crippen LogP contribution in [0.1, 0.15) is 42.2 Å². The quantitative estimate of drug-likeness (QED) is 0.876. The van der Waals surface area contributed by atoms with Crippen LogP contribution in [0.3, 0.4) is 0 Å². The second-order valence-corrected chi connectivity index (χ2v) is 7.21. The van der Waals surface area contributed by atoms with Crippen molar-refractivity contribution in [2.45, 2.75) is 31.1 Å². The number of carbonyl (C=O) groups excluding carboxylic acids is 2. The van der Waals surface area contributed by atoms with Crippen LogP contribution in [0.5, 0.6) is 0 Å². The van der Waals surface area contributed by atoms with Crippen molar-refractivity contribution in [3.63, 3.8) is 0 Å². The summed E-state index contributed by atoms with van der Waals surface area (Å²) in [5, 5.41) is 4.63. The fraction of sp³-hybridized carbons (Fsp3) is 0.333. The molecule has 2 aromatic rings. The highest BCUT2D eigenvalue weighted by atomic mass is 19.1. The van der Waals surface area contributed by atoms with E-state index in [-0.39, 0.29) is 18.2 Å². The van der Waals surface area contributed by atoms with E-state index >= 15 is 0 Å². The first kappa shape index (κ1) is 17.7. The van der Waals surface area contributed by atoms with Gasteiger partial charge in [-0.25, -0.2) is 9.40 Å². The number of hydrogen-bond acceptors (Lipinski definition) is 3. The van der Waals surface area contributed by atoms with Gasteiger partial charge in [-0.3, -0.25) is 15.0 Å². The lowest BCUT2D eigenvalue weighted by Crippen LogP contribution is -2.49. The van der Waals surface area contributed by atoms with E-state index in [2.05, 4.69) is 22.9 Å². The van der Waals surface area contributed by atoms with Gasteiger partial charge in [0.1, 0.15) is 5.82 Å². The van der Waals surface area contributed by atoms with Crippen molar-refractivity contribution in [1.82, 2.24) is 10.4 Å². The van der Waals surface area contributed by atoms with Crippen molar-refractivity contribution < 1.29 is 14.0 Å². The molecule has 2 aromatic carbocycles. The lowest BCUT2D eigenvalue weighted by molar-refractivity contribution is -0.130. The van der Waals surface area contributed by atoms with Crippen LogP contribution in [0.15, 0.2) is 48.5 Å². The highest BCUT2D eigenvalue weighted by Gasteiger charge is 2.32. The first-order chi connectivity index (χ1) is 13.1. The summed E-state index contributed by atoms with van der Waals surface area (Å²) >= 11 is 0. The molecule has 2 amide bonds. The van der Waals surface area contributed by atoms with E-state index < -0.39 is 11.7 Å². The standard InChI is InChI=1S/C21H22FN3O2/c22-16-8-9-19-17(11-16)18(12-20(26)23-19)21(27)24-25-10-4-7-15(13-25)14-5-2-1-3-6-14/h1-3,5-6,8-9,11,15,18H,4,7,10,12-13H2,(H,23,26)(H,24,27). The lowest BCUT2D eigenvalue weighted by atomic mass is 9.89. The molecule has 6 heteroatoms. The number of nitrogens with one attached hydrogen (secondary N) is 2. The number of halogens is 1. The fourth-order valence-corrected chi connectivity index (χ4v) is 3.98. The molecule has 2 unspecified atom stereocenters. The summed E-state index contributed by atoms with van der Waals surface area (Å²) < 4.78 is 13.7. The maximum absolute atomic E-state index is 13.7. The zero-order valence-electron chi connectivity index (χ0n) is 15.0. The molecular formula is C21H22FN3O2. The highest BCUT2D eigenvalue weighted by Crippen LogP contribution is 2.33. The zero-order valence-corrected chi connectivity index (χ0v) is 15.0. The molecule has 0 aliphatic carbocycles. The summed E-state index contributed by atoms with van der Waals surface area (Å²) in [4.78, 5) is 24.8. The average molecular weight is 367 g/mol. The van der Waals surface area contributed by atoms with Gasteiger partial charge >= 0.3 is 0 Å². The number of benzene rings is 2. The van der Waals surface area contributed by atoms with Crippen molar-refractivity contribution in [1.29, 1.82) is 0 Å². The fourth-order valence-electron chi connectivity index (χ4n) is 3.98. The van der Waals surface area contributed by atoms with Crippen LogP contribution in [-0.4, -0.2) is 29.9 Å². The third kappa shape index (κ3) is 3.85. The van der Waals surface area contributed by atoms with Gasteiger partial charge in [-0.15, -0.1) is 0 Å². The van der Waals surface area contributed by atoms with Crippen molar-refractivity contribution >= 4 is 17.5 Å². The van der Waals surface area contributed by atoms with E-state index in [0.29, 0.717) is 17.2 Å². The van der Waals surface area contributed by atoms with E-state index in [4.69, 9.17) is 0 Å². The van der Waals surface area contributed by atoms with E-state index in [1.807, 2.05) is 23.2 Å². The molecule has 4 rings (SSSR count). The van der Waals surface area contributed by atoms with Crippen molar-refractivity contribution in [2.24, 2.45) is 0 Å². The predicted molar refractivity (Wildman–Crippen MR) is 101 cm³/mol. The molecular weight excluding hydrogens is 345 g/mol. The molecule has 2 aliphatic rings. The van der Waals surface area contributed by atoms with Crippen LogP contribution in [0.4, 0.5) is 10.1 Å². The number of carbonyl (C=O) groups is 2. The molecule has 0 spiro atoms. The Kier molecular flexibility index (Phi) is 4.90. The van der Waals surface area contributed by atoms with Gasteiger partial charge in [-0.1, -0.05) is 30.3 Å². The molecule has 2 aliphatic heterocycles. The average Bonchev–Trinajstić information content (AvgIpc) is 2.68. The molecule has 1 saturated heterocycles.